The Labute approximate surface area is 59.4 Å². The molecule has 10 heavy (non-hydrogen) atoms. The maximum atomic E-state index is 10.0. The summed E-state index contributed by atoms with van der Waals surface area (Å²) in [7, 11) is 0. The fourth-order valence-electron chi connectivity index (χ4n) is 1.05. The van der Waals surface area contributed by atoms with Gasteiger partial charge in [-0.2, -0.15) is 0 Å². The molecule has 0 atom stereocenters. The van der Waals surface area contributed by atoms with Gasteiger partial charge in [0.05, 0.1) is 0 Å². The quantitative estimate of drug-likeness (QED) is 0.524. The van der Waals surface area contributed by atoms with Crippen molar-refractivity contribution in [3.63, 3.8) is 0 Å². The van der Waals surface area contributed by atoms with E-state index in [2.05, 4.69) is 11.2 Å². The van der Waals surface area contributed by atoms with Crippen LogP contribution in [-0.2, 0) is 0 Å². The third-order valence-corrected chi connectivity index (χ3v) is 1.70. The van der Waals surface area contributed by atoms with Gasteiger partial charge in [-0.05, 0) is 12.8 Å². The summed E-state index contributed by atoms with van der Waals surface area (Å²) in [5, 5.41) is 10.6. The van der Waals surface area contributed by atoms with Crippen LogP contribution in [0, 0.1) is 18.3 Å². The second-order valence-electron chi connectivity index (χ2n) is 2.48. The maximum Gasteiger partial charge on any atom is 0.404 e. The minimum absolute atomic E-state index is 0.0959. The molecule has 1 aliphatic carbocycles. The normalized spacial score (nSPS) is 29.9. The number of nitrogens with one attached hydrogen (secondary N) is 1. The SMILES string of the molecule is C#C[C@H]1C[C@@H](NC(=O)O)C1. The molecule has 0 aromatic rings. The maximum absolute atomic E-state index is 10.0. The number of amides is 1. The third-order valence-electron chi connectivity index (χ3n) is 1.70. The van der Waals surface area contributed by atoms with Gasteiger partial charge in [-0.3, -0.25) is 0 Å². The number of carbonyl (C=O) groups is 1. The first-order valence-corrected chi connectivity index (χ1v) is 3.18. The van der Waals surface area contributed by atoms with Crippen molar-refractivity contribution in [1.29, 1.82) is 0 Å². The molecule has 1 saturated carbocycles. The Balaban J connectivity index is 2.16. The summed E-state index contributed by atoms with van der Waals surface area (Å²) >= 11 is 0. The molecule has 1 fully saturated rings. The average molecular weight is 139 g/mol. The van der Waals surface area contributed by atoms with E-state index in [-0.39, 0.29) is 12.0 Å². The highest BCUT2D eigenvalue weighted by molar-refractivity contribution is 5.65. The minimum atomic E-state index is -0.958. The molecule has 0 radical (unpaired) electrons. The Hall–Kier alpha value is -1.17. The van der Waals surface area contributed by atoms with Crippen LogP contribution in [0.15, 0.2) is 0 Å². The average Bonchev–Trinajstić information content (AvgIpc) is 1.76. The predicted octanol–water partition coefficient (Wildman–Crippen LogP) is 0.666. The first-order valence-electron chi connectivity index (χ1n) is 3.18. The summed E-state index contributed by atoms with van der Waals surface area (Å²) in [6, 6.07) is 0.0959. The van der Waals surface area contributed by atoms with Gasteiger partial charge in [-0.25, -0.2) is 4.79 Å². The molecule has 0 aliphatic heterocycles. The summed E-state index contributed by atoms with van der Waals surface area (Å²) in [5.74, 6) is 2.86. The molecule has 3 nitrogen and oxygen atoms in total. The molecule has 0 heterocycles. The Kier molecular flexibility index (Phi) is 1.81. The van der Waals surface area contributed by atoms with Crippen molar-refractivity contribution in [3.8, 4) is 12.3 Å². The first-order chi connectivity index (χ1) is 4.72. The van der Waals surface area contributed by atoms with E-state index in [4.69, 9.17) is 11.5 Å². The zero-order valence-electron chi connectivity index (χ0n) is 5.50. The lowest BCUT2D eigenvalue weighted by molar-refractivity contribution is 0.176. The van der Waals surface area contributed by atoms with Crippen LogP contribution < -0.4 is 5.32 Å². The van der Waals surface area contributed by atoms with Crippen LogP contribution in [0.5, 0.6) is 0 Å². The zero-order chi connectivity index (χ0) is 7.56. The molecule has 1 amide bonds. The highest BCUT2D eigenvalue weighted by atomic mass is 16.4. The van der Waals surface area contributed by atoms with Crippen LogP contribution in [0.25, 0.3) is 0 Å². The van der Waals surface area contributed by atoms with Crippen molar-refractivity contribution < 1.29 is 9.90 Å². The number of hydrogen-bond donors (Lipinski definition) is 2. The smallest absolute Gasteiger partial charge is 0.404 e. The van der Waals surface area contributed by atoms with E-state index in [0.717, 1.165) is 12.8 Å². The van der Waals surface area contributed by atoms with Crippen LogP contribution in [0.3, 0.4) is 0 Å². The van der Waals surface area contributed by atoms with Gasteiger partial charge in [-0.15, -0.1) is 12.3 Å². The van der Waals surface area contributed by atoms with Crippen molar-refractivity contribution >= 4 is 6.09 Å². The van der Waals surface area contributed by atoms with E-state index >= 15 is 0 Å². The summed E-state index contributed by atoms with van der Waals surface area (Å²) in [4.78, 5) is 10.0. The van der Waals surface area contributed by atoms with Gasteiger partial charge >= 0.3 is 6.09 Å². The molecule has 3 heteroatoms. The lowest BCUT2D eigenvalue weighted by Crippen LogP contribution is -2.43. The molecule has 1 aliphatic rings. The fraction of sp³-hybridized carbons (Fsp3) is 0.571. The lowest BCUT2D eigenvalue weighted by Gasteiger charge is -2.31. The van der Waals surface area contributed by atoms with Gasteiger partial charge in [0.25, 0.3) is 0 Å². The van der Waals surface area contributed by atoms with Crippen molar-refractivity contribution in [3.05, 3.63) is 0 Å². The molecule has 54 valence electrons. The van der Waals surface area contributed by atoms with Gasteiger partial charge in [-0.1, -0.05) is 0 Å². The lowest BCUT2D eigenvalue weighted by atomic mass is 9.81. The highest BCUT2D eigenvalue weighted by Gasteiger charge is 2.28. The number of rotatable bonds is 1. The molecule has 0 unspecified atom stereocenters. The number of terminal acetylenes is 1. The first kappa shape index (κ1) is 6.94. The van der Waals surface area contributed by atoms with Gasteiger partial charge in [0.15, 0.2) is 0 Å². The Morgan fingerprint density at radius 3 is 2.70 bits per heavy atom. The highest BCUT2D eigenvalue weighted by Crippen LogP contribution is 2.25. The molecular weight excluding hydrogens is 130 g/mol. The Morgan fingerprint density at radius 2 is 2.30 bits per heavy atom. The van der Waals surface area contributed by atoms with Gasteiger partial charge in [0.2, 0.25) is 0 Å². The van der Waals surface area contributed by atoms with Gasteiger partial charge < -0.3 is 10.4 Å². The minimum Gasteiger partial charge on any atom is -0.465 e. The van der Waals surface area contributed by atoms with E-state index in [1.807, 2.05) is 0 Å². The zero-order valence-corrected chi connectivity index (χ0v) is 5.50. The van der Waals surface area contributed by atoms with Crippen LogP contribution in [0.4, 0.5) is 4.79 Å². The second kappa shape index (κ2) is 2.61. The van der Waals surface area contributed by atoms with Crippen molar-refractivity contribution in [1.82, 2.24) is 5.32 Å². The van der Waals surface area contributed by atoms with E-state index in [1.54, 1.807) is 0 Å². The molecule has 1 rings (SSSR count). The molecule has 0 aromatic heterocycles. The van der Waals surface area contributed by atoms with Gasteiger partial charge in [0, 0.05) is 12.0 Å². The molecular formula is C7H9NO2. The standard InChI is InChI=1S/C7H9NO2/c1-2-5-3-6(4-5)8-7(9)10/h1,5-6,8H,3-4H2,(H,9,10)/t5-,6+. The topological polar surface area (TPSA) is 49.3 Å². The predicted molar refractivity (Wildman–Crippen MR) is 36.5 cm³/mol. The molecule has 2 N–H and O–H groups in total. The summed E-state index contributed by atoms with van der Waals surface area (Å²) in [6.07, 6.45) is 5.73. The van der Waals surface area contributed by atoms with Crippen molar-refractivity contribution in [2.45, 2.75) is 18.9 Å². The Bertz CT molecular complexity index is 177. The van der Waals surface area contributed by atoms with E-state index in [0.29, 0.717) is 0 Å². The summed E-state index contributed by atoms with van der Waals surface area (Å²) in [5.41, 5.74) is 0. The molecule has 0 bridgehead atoms. The summed E-state index contributed by atoms with van der Waals surface area (Å²) < 4.78 is 0. The molecule has 0 aromatic carbocycles. The van der Waals surface area contributed by atoms with E-state index in [9.17, 15) is 4.79 Å². The molecule has 0 spiro atoms. The summed E-state index contributed by atoms with van der Waals surface area (Å²) in [6.45, 7) is 0. The van der Waals surface area contributed by atoms with Crippen LogP contribution in [0.1, 0.15) is 12.8 Å². The molecule has 0 saturated heterocycles. The third kappa shape index (κ3) is 1.41. The monoisotopic (exact) mass is 139 g/mol. The van der Waals surface area contributed by atoms with Gasteiger partial charge in [0.1, 0.15) is 0 Å². The Morgan fingerprint density at radius 1 is 1.70 bits per heavy atom. The van der Waals surface area contributed by atoms with Crippen LogP contribution in [0.2, 0.25) is 0 Å². The second-order valence-corrected chi connectivity index (χ2v) is 2.48. The van der Waals surface area contributed by atoms with Crippen molar-refractivity contribution in [2.75, 3.05) is 0 Å². The largest absolute Gasteiger partial charge is 0.465 e. The van der Waals surface area contributed by atoms with E-state index < -0.39 is 6.09 Å². The fourth-order valence-corrected chi connectivity index (χ4v) is 1.05. The van der Waals surface area contributed by atoms with Crippen LogP contribution >= 0.6 is 0 Å². The van der Waals surface area contributed by atoms with Crippen molar-refractivity contribution in [2.24, 2.45) is 5.92 Å². The van der Waals surface area contributed by atoms with E-state index in [1.165, 1.54) is 0 Å². The van der Waals surface area contributed by atoms with Crippen LogP contribution in [-0.4, -0.2) is 17.2 Å². The number of hydrogen-bond acceptors (Lipinski definition) is 1. The number of carboxylic acid groups (broad SMARTS) is 1.